The molecule has 0 saturated carbocycles. The Labute approximate surface area is 122 Å². The van der Waals surface area contributed by atoms with Gasteiger partial charge in [-0.25, -0.2) is 0 Å². The number of carboxylic acids is 1. The highest BCUT2D eigenvalue weighted by Gasteiger charge is 2.19. The third kappa shape index (κ3) is 3.97. The Bertz CT molecular complexity index is 610. The average Bonchev–Trinajstić information content (AvgIpc) is 2.48. The van der Waals surface area contributed by atoms with Crippen LogP contribution in [0.5, 0.6) is 11.5 Å². The van der Waals surface area contributed by atoms with E-state index in [0.29, 0.717) is 12.1 Å². The molecule has 0 aliphatic carbocycles. The van der Waals surface area contributed by atoms with Crippen molar-refractivity contribution < 1.29 is 19.7 Å². The van der Waals surface area contributed by atoms with Crippen LogP contribution in [0, 0.1) is 0 Å². The van der Waals surface area contributed by atoms with Crippen molar-refractivity contribution in [3.05, 3.63) is 59.7 Å². The summed E-state index contributed by atoms with van der Waals surface area (Å²) in [6.07, 6.45) is 0. The molecule has 21 heavy (non-hydrogen) atoms. The van der Waals surface area contributed by atoms with Crippen LogP contribution >= 0.6 is 0 Å². The molecule has 0 fully saturated rings. The number of hydrogen-bond donors (Lipinski definition) is 3. The summed E-state index contributed by atoms with van der Waals surface area (Å²) in [4.78, 5) is 11.4. The predicted molar refractivity (Wildman–Crippen MR) is 78.3 cm³/mol. The van der Waals surface area contributed by atoms with Crippen LogP contribution in [0.3, 0.4) is 0 Å². The van der Waals surface area contributed by atoms with E-state index in [1.54, 1.807) is 19.2 Å². The van der Waals surface area contributed by atoms with E-state index in [1.165, 1.54) is 12.1 Å². The molecule has 0 saturated heterocycles. The summed E-state index contributed by atoms with van der Waals surface area (Å²) in [5.41, 5.74) is 1.46. The maximum absolute atomic E-state index is 11.4. The molecule has 0 aromatic heterocycles. The molecule has 1 atom stereocenters. The van der Waals surface area contributed by atoms with Crippen LogP contribution in [0.25, 0.3) is 0 Å². The van der Waals surface area contributed by atoms with E-state index >= 15 is 0 Å². The highest BCUT2D eigenvalue weighted by molar-refractivity contribution is 5.75. The van der Waals surface area contributed by atoms with E-state index in [4.69, 9.17) is 4.74 Å². The van der Waals surface area contributed by atoms with Crippen molar-refractivity contribution in [3.63, 3.8) is 0 Å². The number of phenolic OH excluding ortho intramolecular Hbond substituents is 1. The van der Waals surface area contributed by atoms with E-state index in [2.05, 4.69) is 5.32 Å². The van der Waals surface area contributed by atoms with Crippen LogP contribution in [-0.2, 0) is 11.3 Å². The summed E-state index contributed by atoms with van der Waals surface area (Å²) in [7, 11) is 1.59. The Morgan fingerprint density at radius 2 is 1.95 bits per heavy atom. The van der Waals surface area contributed by atoms with Crippen molar-refractivity contribution in [1.82, 2.24) is 5.32 Å². The fraction of sp³-hybridized carbons (Fsp3) is 0.188. The highest BCUT2D eigenvalue weighted by atomic mass is 16.5. The van der Waals surface area contributed by atoms with Crippen molar-refractivity contribution >= 4 is 5.97 Å². The monoisotopic (exact) mass is 287 g/mol. The quantitative estimate of drug-likeness (QED) is 0.760. The summed E-state index contributed by atoms with van der Waals surface area (Å²) in [6.45, 7) is 0.399. The van der Waals surface area contributed by atoms with Crippen molar-refractivity contribution in [2.75, 3.05) is 7.11 Å². The number of benzene rings is 2. The minimum Gasteiger partial charge on any atom is -0.508 e. The first-order valence-corrected chi connectivity index (χ1v) is 6.48. The average molecular weight is 287 g/mol. The number of carboxylic acid groups (broad SMARTS) is 1. The van der Waals surface area contributed by atoms with Gasteiger partial charge in [0, 0.05) is 6.54 Å². The molecule has 0 aliphatic heterocycles. The lowest BCUT2D eigenvalue weighted by molar-refractivity contribution is -0.139. The second-order valence-electron chi connectivity index (χ2n) is 4.60. The maximum atomic E-state index is 11.4. The first-order valence-electron chi connectivity index (χ1n) is 6.48. The third-order valence-electron chi connectivity index (χ3n) is 3.12. The van der Waals surface area contributed by atoms with Gasteiger partial charge in [-0.15, -0.1) is 0 Å². The van der Waals surface area contributed by atoms with Gasteiger partial charge in [0.15, 0.2) is 0 Å². The van der Waals surface area contributed by atoms with Crippen molar-refractivity contribution in [2.45, 2.75) is 12.6 Å². The molecule has 3 N–H and O–H groups in total. The van der Waals surface area contributed by atoms with Gasteiger partial charge in [0.25, 0.3) is 0 Å². The van der Waals surface area contributed by atoms with Gasteiger partial charge in [0.05, 0.1) is 7.11 Å². The fourth-order valence-electron chi connectivity index (χ4n) is 2.02. The van der Waals surface area contributed by atoms with E-state index in [9.17, 15) is 15.0 Å². The molecule has 0 radical (unpaired) electrons. The lowest BCUT2D eigenvalue weighted by Crippen LogP contribution is -2.28. The van der Waals surface area contributed by atoms with Crippen LogP contribution in [-0.4, -0.2) is 23.3 Å². The zero-order valence-electron chi connectivity index (χ0n) is 11.6. The van der Waals surface area contributed by atoms with Crippen molar-refractivity contribution in [2.24, 2.45) is 0 Å². The molecule has 5 nitrogen and oxygen atoms in total. The largest absolute Gasteiger partial charge is 0.508 e. The summed E-state index contributed by atoms with van der Waals surface area (Å²) < 4.78 is 5.07. The SMILES string of the molecule is COc1ccc(CNC(C(=O)O)c2cccc(O)c2)cc1. The lowest BCUT2D eigenvalue weighted by atomic mass is 10.1. The molecule has 0 heterocycles. The first-order chi connectivity index (χ1) is 10.1. The Hall–Kier alpha value is -2.53. The molecule has 0 amide bonds. The minimum atomic E-state index is -0.992. The van der Waals surface area contributed by atoms with Gasteiger partial charge in [0.2, 0.25) is 0 Å². The first kappa shape index (κ1) is 14.9. The molecule has 2 rings (SSSR count). The molecule has 110 valence electrons. The zero-order chi connectivity index (χ0) is 15.2. The number of phenols is 1. The number of methoxy groups -OCH3 is 1. The minimum absolute atomic E-state index is 0.0463. The number of hydrogen-bond acceptors (Lipinski definition) is 4. The Morgan fingerprint density at radius 1 is 1.24 bits per heavy atom. The Balaban J connectivity index is 2.08. The van der Waals surface area contributed by atoms with Crippen LogP contribution < -0.4 is 10.1 Å². The summed E-state index contributed by atoms with van der Waals surface area (Å²) in [5, 5.41) is 21.7. The lowest BCUT2D eigenvalue weighted by Gasteiger charge is -2.15. The number of nitrogens with one attached hydrogen (secondary N) is 1. The maximum Gasteiger partial charge on any atom is 0.325 e. The van der Waals surface area contributed by atoms with Crippen LogP contribution in [0.2, 0.25) is 0 Å². The number of ether oxygens (including phenoxy) is 1. The van der Waals surface area contributed by atoms with Gasteiger partial charge in [-0.05, 0) is 35.4 Å². The topological polar surface area (TPSA) is 78.8 Å². The van der Waals surface area contributed by atoms with Crippen molar-refractivity contribution in [1.29, 1.82) is 0 Å². The fourth-order valence-corrected chi connectivity index (χ4v) is 2.02. The normalized spacial score (nSPS) is 11.9. The van der Waals surface area contributed by atoms with E-state index in [1.807, 2.05) is 24.3 Å². The number of rotatable bonds is 6. The van der Waals surface area contributed by atoms with Gasteiger partial charge in [-0.2, -0.15) is 0 Å². The molecule has 0 bridgehead atoms. The van der Waals surface area contributed by atoms with Gasteiger partial charge < -0.3 is 14.9 Å². The molecule has 1 unspecified atom stereocenters. The summed E-state index contributed by atoms with van der Waals surface area (Å²) in [6, 6.07) is 12.7. The van der Waals surface area contributed by atoms with Gasteiger partial charge in [-0.1, -0.05) is 24.3 Å². The zero-order valence-corrected chi connectivity index (χ0v) is 11.6. The van der Waals surface area contributed by atoms with Gasteiger partial charge in [0.1, 0.15) is 17.5 Å². The van der Waals surface area contributed by atoms with Crippen LogP contribution in [0.1, 0.15) is 17.2 Å². The van der Waals surface area contributed by atoms with Crippen molar-refractivity contribution in [3.8, 4) is 11.5 Å². The molecular weight excluding hydrogens is 270 g/mol. The van der Waals surface area contributed by atoms with E-state index in [0.717, 1.165) is 11.3 Å². The Morgan fingerprint density at radius 3 is 2.52 bits per heavy atom. The standard InChI is InChI=1S/C16H17NO4/c1-21-14-7-5-11(6-8-14)10-17-15(16(19)20)12-3-2-4-13(18)9-12/h2-9,15,17-18H,10H2,1H3,(H,19,20). The van der Waals surface area contributed by atoms with Crippen LogP contribution in [0.15, 0.2) is 48.5 Å². The molecule has 2 aromatic carbocycles. The molecule has 5 heteroatoms. The third-order valence-corrected chi connectivity index (χ3v) is 3.12. The number of aromatic hydroxyl groups is 1. The summed E-state index contributed by atoms with van der Waals surface area (Å²) in [5.74, 6) is -0.194. The van der Waals surface area contributed by atoms with Gasteiger partial charge >= 0.3 is 5.97 Å². The molecule has 0 spiro atoms. The second kappa shape index (κ2) is 6.76. The second-order valence-corrected chi connectivity index (χ2v) is 4.60. The Kier molecular flexibility index (Phi) is 4.79. The number of aliphatic carboxylic acids is 1. The molecule has 2 aromatic rings. The highest BCUT2D eigenvalue weighted by Crippen LogP contribution is 2.19. The number of carbonyl (C=O) groups is 1. The van der Waals surface area contributed by atoms with E-state index in [-0.39, 0.29) is 5.75 Å². The predicted octanol–water partition coefficient (Wildman–Crippen LogP) is 2.32. The molecule has 0 aliphatic rings. The summed E-state index contributed by atoms with van der Waals surface area (Å²) >= 11 is 0. The van der Waals surface area contributed by atoms with Crippen LogP contribution in [0.4, 0.5) is 0 Å². The smallest absolute Gasteiger partial charge is 0.325 e. The van der Waals surface area contributed by atoms with E-state index < -0.39 is 12.0 Å². The molecular formula is C16H17NO4. The van der Waals surface area contributed by atoms with Gasteiger partial charge in [-0.3, -0.25) is 10.1 Å².